The SMILES string of the molecule is Cc1cc(F)cc(C)c1S(=O)(=O)N1CCCC1. The lowest BCUT2D eigenvalue weighted by Crippen LogP contribution is -2.29. The first-order valence-electron chi connectivity index (χ1n) is 5.70. The zero-order valence-corrected chi connectivity index (χ0v) is 10.8. The molecule has 0 aliphatic carbocycles. The fourth-order valence-corrected chi connectivity index (χ4v) is 4.29. The highest BCUT2D eigenvalue weighted by atomic mass is 32.2. The van der Waals surface area contributed by atoms with Crippen molar-refractivity contribution >= 4 is 10.0 Å². The molecule has 1 aliphatic rings. The van der Waals surface area contributed by atoms with E-state index in [1.807, 2.05) is 0 Å². The zero-order chi connectivity index (χ0) is 12.6. The number of hydrogen-bond acceptors (Lipinski definition) is 2. The molecule has 0 atom stereocenters. The molecule has 0 unspecified atom stereocenters. The molecule has 0 radical (unpaired) electrons. The molecule has 1 saturated heterocycles. The van der Waals surface area contributed by atoms with E-state index < -0.39 is 10.0 Å². The van der Waals surface area contributed by atoms with Crippen LogP contribution in [-0.2, 0) is 10.0 Å². The third-order valence-corrected chi connectivity index (χ3v) is 5.29. The Bertz CT molecular complexity index is 510. The molecule has 3 nitrogen and oxygen atoms in total. The average molecular weight is 257 g/mol. The van der Waals surface area contributed by atoms with Crippen molar-refractivity contribution in [3.63, 3.8) is 0 Å². The molecule has 1 heterocycles. The minimum atomic E-state index is -3.45. The largest absolute Gasteiger partial charge is 0.243 e. The zero-order valence-electron chi connectivity index (χ0n) is 10.0. The van der Waals surface area contributed by atoms with Gasteiger partial charge in [-0.3, -0.25) is 0 Å². The second kappa shape index (κ2) is 4.38. The summed E-state index contributed by atoms with van der Waals surface area (Å²) in [6.07, 6.45) is 1.80. The first-order chi connectivity index (χ1) is 7.93. The molecule has 1 aromatic carbocycles. The van der Waals surface area contributed by atoms with Crippen molar-refractivity contribution in [1.29, 1.82) is 0 Å². The Morgan fingerprint density at radius 3 is 2.06 bits per heavy atom. The molecule has 0 spiro atoms. The van der Waals surface area contributed by atoms with Crippen LogP contribution in [0.2, 0.25) is 0 Å². The van der Waals surface area contributed by atoms with Crippen molar-refractivity contribution < 1.29 is 12.8 Å². The Morgan fingerprint density at radius 2 is 1.59 bits per heavy atom. The standard InChI is InChI=1S/C12H16FNO2S/c1-9-7-11(13)8-10(2)12(9)17(15,16)14-5-3-4-6-14/h7-8H,3-6H2,1-2H3. The van der Waals surface area contributed by atoms with E-state index in [-0.39, 0.29) is 10.7 Å². The summed E-state index contributed by atoms with van der Waals surface area (Å²) in [6.45, 7) is 4.41. The van der Waals surface area contributed by atoms with Gasteiger partial charge in [-0.05, 0) is 49.9 Å². The lowest BCUT2D eigenvalue weighted by molar-refractivity contribution is 0.476. The van der Waals surface area contributed by atoms with E-state index in [2.05, 4.69) is 0 Å². The van der Waals surface area contributed by atoms with Crippen LogP contribution in [0, 0.1) is 19.7 Å². The Balaban J connectivity index is 2.53. The Kier molecular flexibility index (Phi) is 3.23. The second-order valence-electron chi connectivity index (χ2n) is 4.48. The summed E-state index contributed by atoms with van der Waals surface area (Å²) in [5, 5.41) is 0. The van der Waals surface area contributed by atoms with E-state index in [0.717, 1.165) is 12.8 Å². The molecule has 17 heavy (non-hydrogen) atoms. The fourth-order valence-electron chi connectivity index (χ4n) is 2.36. The number of rotatable bonds is 2. The lowest BCUT2D eigenvalue weighted by atomic mass is 10.1. The third kappa shape index (κ3) is 2.21. The monoisotopic (exact) mass is 257 g/mol. The van der Waals surface area contributed by atoms with Crippen LogP contribution in [-0.4, -0.2) is 25.8 Å². The summed E-state index contributed by atoms with van der Waals surface area (Å²) in [5.41, 5.74) is 0.962. The molecular formula is C12H16FNO2S. The van der Waals surface area contributed by atoms with Gasteiger partial charge < -0.3 is 0 Å². The smallest absolute Gasteiger partial charge is 0.207 e. The van der Waals surface area contributed by atoms with Gasteiger partial charge in [-0.15, -0.1) is 0 Å². The maximum atomic E-state index is 13.2. The van der Waals surface area contributed by atoms with Crippen molar-refractivity contribution in [1.82, 2.24) is 4.31 Å². The van der Waals surface area contributed by atoms with E-state index in [9.17, 15) is 12.8 Å². The summed E-state index contributed by atoms with van der Waals surface area (Å²) >= 11 is 0. The van der Waals surface area contributed by atoms with Crippen molar-refractivity contribution in [2.45, 2.75) is 31.6 Å². The fraction of sp³-hybridized carbons (Fsp3) is 0.500. The van der Waals surface area contributed by atoms with Gasteiger partial charge in [0.15, 0.2) is 0 Å². The molecule has 0 N–H and O–H groups in total. The van der Waals surface area contributed by atoms with Crippen LogP contribution >= 0.6 is 0 Å². The summed E-state index contributed by atoms with van der Waals surface area (Å²) in [5.74, 6) is -0.389. The predicted octanol–water partition coefficient (Wildman–Crippen LogP) is 2.23. The molecule has 2 rings (SSSR count). The van der Waals surface area contributed by atoms with Gasteiger partial charge >= 0.3 is 0 Å². The van der Waals surface area contributed by atoms with Gasteiger partial charge in [0.05, 0.1) is 4.90 Å². The van der Waals surface area contributed by atoms with E-state index in [0.29, 0.717) is 24.2 Å². The molecule has 0 amide bonds. The van der Waals surface area contributed by atoms with Gasteiger partial charge in [-0.1, -0.05) is 0 Å². The molecule has 1 aromatic rings. The molecule has 0 aromatic heterocycles. The summed E-state index contributed by atoms with van der Waals surface area (Å²) in [6, 6.07) is 2.55. The van der Waals surface area contributed by atoms with Gasteiger partial charge in [0.25, 0.3) is 0 Å². The molecule has 1 fully saturated rings. The van der Waals surface area contributed by atoms with Crippen molar-refractivity contribution in [2.75, 3.05) is 13.1 Å². The van der Waals surface area contributed by atoms with Gasteiger partial charge in [0.2, 0.25) is 10.0 Å². The minimum absolute atomic E-state index is 0.265. The van der Waals surface area contributed by atoms with E-state index in [1.54, 1.807) is 13.8 Å². The average Bonchev–Trinajstić information content (AvgIpc) is 2.67. The van der Waals surface area contributed by atoms with Crippen LogP contribution in [0.4, 0.5) is 4.39 Å². The van der Waals surface area contributed by atoms with E-state index in [4.69, 9.17) is 0 Å². The van der Waals surface area contributed by atoms with E-state index >= 15 is 0 Å². The molecule has 1 aliphatic heterocycles. The van der Waals surface area contributed by atoms with Gasteiger partial charge in [-0.25, -0.2) is 12.8 Å². The molecule has 0 saturated carbocycles. The van der Waals surface area contributed by atoms with Crippen LogP contribution in [0.25, 0.3) is 0 Å². The van der Waals surface area contributed by atoms with Gasteiger partial charge in [0.1, 0.15) is 5.82 Å². The number of benzene rings is 1. The second-order valence-corrected chi connectivity index (χ2v) is 6.35. The topological polar surface area (TPSA) is 37.4 Å². The maximum Gasteiger partial charge on any atom is 0.243 e. The highest BCUT2D eigenvalue weighted by Gasteiger charge is 2.29. The van der Waals surface area contributed by atoms with Crippen LogP contribution in [0.1, 0.15) is 24.0 Å². The summed E-state index contributed by atoms with van der Waals surface area (Å²) < 4.78 is 39.4. The number of aryl methyl sites for hydroxylation is 2. The first kappa shape index (κ1) is 12.5. The summed E-state index contributed by atoms with van der Waals surface area (Å²) in [4.78, 5) is 0.265. The molecule has 94 valence electrons. The van der Waals surface area contributed by atoms with Crippen LogP contribution in [0.3, 0.4) is 0 Å². The molecule has 0 bridgehead atoms. The Hall–Kier alpha value is -0.940. The molecule has 5 heteroatoms. The highest BCUT2D eigenvalue weighted by Crippen LogP contribution is 2.27. The highest BCUT2D eigenvalue weighted by molar-refractivity contribution is 7.89. The number of halogens is 1. The summed E-state index contributed by atoms with van der Waals surface area (Å²) in [7, 11) is -3.45. The number of nitrogens with zero attached hydrogens (tertiary/aromatic N) is 1. The quantitative estimate of drug-likeness (QED) is 0.814. The normalized spacial score (nSPS) is 17.6. The van der Waals surface area contributed by atoms with Gasteiger partial charge in [-0.2, -0.15) is 4.31 Å². The van der Waals surface area contributed by atoms with Crippen LogP contribution in [0.15, 0.2) is 17.0 Å². The Morgan fingerprint density at radius 1 is 1.12 bits per heavy atom. The third-order valence-electron chi connectivity index (χ3n) is 3.09. The number of hydrogen-bond donors (Lipinski definition) is 0. The van der Waals surface area contributed by atoms with Crippen molar-refractivity contribution in [3.8, 4) is 0 Å². The number of sulfonamides is 1. The Labute approximate surface area is 101 Å². The van der Waals surface area contributed by atoms with Crippen molar-refractivity contribution in [2.24, 2.45) is 0 Å². The maximum absolute atomic E-state index is 13.2. The minimum Gasteiger partial charge on any atom is -0.207 e. The molecular weight excluding hydrogens is 241 g/mol. The van der Waals surface area contributed by atoms with E-state index in [1.165, 1.54) is 16.4 Å². The van der Waals surface area contributed by atoms with Gasteiger partial charge in [0, 0.05) is 13.1 Å². The predicted molar refractivity (Wildman–Crippen MR) is 63.9 cm³/mol. The van der Waals surface area contributed by atoms with Crippen molar-refractivity contribution in [3.05, 3.63) is 29.1 Å². The lowest BCUT2D eigenvalue weighted by Gasteiger charge is -2.18. The van der Waals surface area contributed by atoms with Crippen LogP contribution < -0.4 is 0 Å². The van der Waals surface area contributed by atoms with Crippen LogP contribution in [0.5, 0.6) is 0 Å². The first-order valence-corrected chi connectivity index (χ1v) is 7.14.